The van der Waals surface area contributed by atoms with Crippen LogP contribution in [0, 0.1) is 0 Å². The van der Waals surface area contributed by atoms with Crippen LogP contribution in [0.2, 0.25) is 0 Å². The van der Waals surface area contributed by atoms with Crippen LogP contribution in [-0.4, -0.2) is 32.7 Å². The number of hydrogen-bond donors (Lipinski definition) is 2. The van der Waals surface area contributed by atoms with Crippen molar-refractivity contribution in [2.75, 3.05) is 27.6 Å². The molecule has 2 aromatic rings. The van der Waals surface area contributed by atoms with Crippen LogP contribution in [0.5, 0.6) is 23.0 Å². The molecule has 2 aromatic carbocycles. The highest BCUT2D eigenvalue weighted by Gasteiger charge is 2.13. The summed E-state index contributed by atoms with van der Waals surface area (Å²) in [7, 11) is 3.26. The molecule has 0 fully saturated rings. The van der Waals surface area contributed by atoms with Crippen LogP contribution in [0.25, 0.3) is 0 Å². The Bertz CT molecular complexity index is 782. The Hall–Kier alpha value is -2.67. The van der Waals surface area contributed by atoms with Crippen molar-refractivity contribution >= 4 is 17.3 Å². The molecular formula is C19H22N2O4S. The van der Waals surface area contributed by atoms with Crippen LogP contribution in [0.3, 0.4) is 0 Å². The maximum atomic E-state index is 5.38. The summed E-state index contributed by atoms with van der Waals surface area (Å²) in [5, 5.41) is 7.02. The van der Waals surface area contributed by atoms with Gasteiger partial charge in [0.1, 0.15) is 0 Å². The number of methoxy groups -OCH3 is 2. The molecule has 0 saturated carbocycles. The summed E-state index contributed by atoms with van der Waals surface area (Å²) in [6.07, 6.45) is 0.826. The number of ether oxygens (including phenoxy) is 4. The number of benzene rings is 2. The highest BCUT2D eigenvalue weighted by Crippen LogP contribution is 2.32. The molecule has 3 rings (SSSR count). The van der Waals surface area contributed by atoms with E-state index in [1.54, 1.807) is 14.2 Å². The van der Waals surface area contributed by atoms with Crippen molar-refractivity contribution in [1.29, 1.82) is 0 Å². The van der Waals surface area contributed by atoms with Gasteiger partial charge in [-0.25, -0.2) is 0 Å². The van der Waals surface area contributed by atoms with Gasteiger partial charge in [0.25, 0.3) is 0 Å². The first-order valence-corrected chi connectivity index (χ1v) is 8.71. The van der Waals surface area contributed by atoms with Gasteiger partial charge in [0.2, 0.25) is 6.79 Å². The van der Waals surface area contributed by atoms with Gasteiger partial charge in [-0.3, -0.25) is 0 Å². The van der Waals surface area contributed by atoms with E-state index in [2.05, 4.69) is 10.6 Å². The molecule has 0 aliphatic carbocycles. The largest absolute Gasteiger partial charge is 0.493 e. The van der Waals surface area contributed by atoms with E-state index in [-0.39, 0.29) is 6.79 Å². The van der Waals surface area contributed by atoms with Gasteiger partial charge in [0.15, 0.2) is 28.1 Å². The third-order valence-corrected chi connectivity index (χ3v) is 4.33. The van der Waals surface area contributed by atoms with E-state index < -0.39 is 0 Å². The van der Waals surface area contributed by atoms with E-state index in [4.69, 9.17) is 31.2 Å². The van der Waals surface area contributed by atoms with Crippen LogP contribution in [0.15, 0.2) is 36.4 Å². The van der Waals surface area contributed by atoms with E-state index >= 15 is 0 Å². The molecule has 0 amide bonds. The molecule has 0 spiro atoms. The fraction of sp³-hybridized carbons (Fsp3) is 0.316. The third kappa shape index (κ3) is 4.49. The summed E-state index contributed by atoms with van der Waals surface area (Å²) < 4.78 is 21.3. The zero-order valence-electron chi connectivity index (χ0n) is 14.8. The second-order valence-electron chi connectivity index (χ2n) is 5.74. The summed E-state index contributed by atoms with van der Waals surface area (Å²) in [5.41, 5.74) is 2.23. The van der Waals surface area contributed by atoms with Crippen LogP contribution in [0.1, 0.15) is 11.1 Å². The maximum absolute atomic E-state index is 5.38. The fourth-order valence-corrected chi connectivity index (χ4v) is 2.83. The summed E-state index contributed by atoms with van der Waals surface area (Å²) in [5.74, 6) is 3.01. The van der Waals surface area contributed by atoms with Gasteiger partial charge in [0.05, 0.1) is 14.2 Å². The Morgan fingerprint density at radius 3 is 2.54 bits per heavy atom. The number of fused-ring (bicyclic) bond motifs is 1. The molecule has 0 saturated heterocycles. The lowest BCUT2D eigenvalue weighted by molar-refractivity contribution is 0.174. The molecule has 0 radical (unpaired) electrons. The Morgan fingerprint density at radius 1 is 0.962 bits per heavy atom. The predicted molar refractivity (Wildman–Crippen MR) is 103 cm³/mol. The summed E-state index contributed by atoms with van der Waals surface area (Å²) in [6.45, 7) is 1.63. The van der Waals surface area contributed by atoms with Gasteiger partial charge in [-0.05, 0) is 54.0 Å². The van der Waals surface area contributed by atoms with Crippen LogP contribution in [-0.2, 0) is 13.0 Å². The molecule has 1 heterocycles. The lowest BCUT2D eigenvalue weighted by atomic mass is 10.1. The van der Waals surface area contributed by atoms with Crippen LogP contribution >= 0.6 is 12.2 Å². The van der Waals surface area contributed by atoms with Gasteiger partial charge in [0, 0.05) is 13.1 Å². The lowest BCUT2D eigenvalue weighted by Crippen LogP contribution is -2.35. The number of thiocarbonyl (C=S) groups is 1. The van der Waals surface area contributed by atoms with Crippen molar-refractivity contribution in [3.8, 4) is 23.0 Å². The number of nitrogens with one attached hydrogen (secondary N) is 2. The molecule has 0 atom stereocenters. The van der Waals surface area contributed by atoms with E-state index in [1.165, 1.54) is 0 Å². The van der Waals surface area contributed by atoms with Crippen molar-refractivity contribution in [2.45, 2.75) is 13.0 Å². The van der Waals surface area contributed by atoms with E-state index in [1.807, 2.05) is 36.4 Å². The van der Waals surface area contributed by atoms with Gasteiger partial charge in [-0.1, -0.05) is 12.1 Å². The normalized spacial score (nSPS) is 11.8. The zero-order valence-corrected chi connectivity index (χ0v) is 15.7. The van der Waals surface area contributed by atoms with E-state index in [9.17, 15) is 0 Å². The zero-order chi connectivity index (χ0) is 18.4. The Labute approximate surface area is 158 Å². The average Bonchev–Trinajstić information content (AvgIpc) is 3.14. The van der Waals surface area contributed by atoms with Gasteiger partial charge in [-0.2, -0.15) is 0 Å². The number of rotatable bonds is 7. The second kappa shape index (κ2) is 8.62. The van der Waals surface area contributed by atoms with Gasteiger partial charge >= 0.3 is 0 Å². The molecule has 0 aromatic heterocycles. The van der Waals surface area contributed by atoms with E-state index in [0.717, 1.165) is 47.1 Å². The SMILES string of the molecule is COc1ccc(CCNC(=S)NCc2ccc3c(c2)OCO3)cc1OC. The van der Waals surface area contributed by atoms with Crippen molar-refractivity contribution in [2.24, 2.45) is 0 Å². The quantitative estimate of drug-likeness (QED) is 0.723. The van der Waals surface area contributed by atoms with Crippen molar-refractivity contribution in [3.05, 3.63) is 47.5 Å². The maximum Gasteiger partial charge on any atom is 0.231 e. The number of hydrogen-bond acceptors (Lipinski definition) is 5. The fourth-order valence-electron chi connectivity index (χ4n) is 2.65. The minimum atomic E-state index is 0.280. The molecule has 1 aliphatic heterocycles. The topological polar surface area (TPSA) is 61.0 Å². The smallest absolute Gasteiger partial charge is 0.231 e. The molecule has 26 heavy (non-hydrogen) atoms. The highest BCUT2D eigenvalue weighted by molar-refractivity contribution is 7.80. The molecule has 6 nitrogen and oxygen atoms in total. The highest BCUT2D eigenvalue weighted by atomic mass is 32.1. The van der Waals surface area contributed by atoms with Gasteiger partial charge < -0.3 is 29.6 Å². The molecule has 7 heteroatoms. The van der Waals surface area contributed by atoms with Crippen molar-refractivity contribution in [1.82, 2.24) is 10.6 Å². The Morgan fingerprint density at radius 2 is 1.73 bits per heavy atom. The second-order valence-corrected chi connectivity index (χ2v) is 6.14. The minimum Gasteiger partial charge on any atom is -0.493 e. The molecule has 2 N–H and O–H groups in total. The van der Waals surface area contributed by atoms with Crippen LogP contribution in [0.4, 0.5) is 0 Å². The Balaban J connectivity index is 1.43. The van der Waals surface area contributed by atoms with Crippen LogP contribution < -0.4 is 29.6 Å². The van der Waals surface area contributed by atoms with Gasteiger partial charge in [-0.15, -0.1) is 0 Å². The standard InChI is InChI=1S/C19H22N2O4S/c1-22-15-5-3-13(9-17(15)23-2)7-8-20-19(26)21-11-14-4-6-16-18(10-14)25-12-24-16/h3-6,9-10H,7-8,11-12H2,1-2H3,(H2,20,21,26). The first-order valence-electron chi connectivity index (χ1n) is 8.30. The molecular weight excluding hydrogens is 352 g/mol. The lowest BCUT2D eigenvalue weighted by Gasteiger charge is -2.12. The van der Waals surface area contributed by atoms with Crippen molar-refractivity contribution in [3.63, 3.8) is 0 Å². The molecule has 0 bridgehead atoms. The van der Waals surface area contributed by atoms with E-state index in [0.29, 0.717) is 11.7 Å². The minimum absolute atomic E-state index is 0.280. The molecule has 138 valence electrons. The first kappa shape index (κ1) is 18.1. The molecule has 0 unspecified atom stereocenters. The predicted octanol–water partition coefficient (Wildman–Crippen LogP) is 2.64. The Kier molecular flexibility index (Phi) is 6.01. The summed E-state index contributed by atoms with van der Waals surface area (Å²) in [6, 6.07) is 11.8. The first-order chi connectivity index (χ1) is 12.7. The average molecular weight is 374 g/mol. The van der Waals surface area contributed by atoms with Crippen molar-refractivity contribution < 1.29 is 18.9 Å². The third-order valence-electron chi connectivity index (χ3n) is 4.04. The summed E-state index contributed by atoms with van der Waals surface area (Å²) in [4.78, 5) is 0. The monoisotopic (exact) mass is 374 g/mol. The summed E-state index contributed by atoms with van der Waals surface area (Å²) >= 11 is 5.33. The molecule has 1 aliphatic rings.